The smallest absolute Gasteiger partial charge is 0.279 e. The molecule has 2 aliphatic rings. The highest BCUT2D eigenvalue weighted by Crippen LogP contribution is 2.48. The number of amides is 2. The third-order valence-electron chi connectivity index (χ3n) is 4.48. The average Bonchev–Trinajstić information content (AvgIpc) is 2.89. The van der Waals surface area contributed by atoms with E-state index >= 15 is 0 Å². The second-order valence-electron chi connectivity index (χ2n) is 5.82. The number of carbonyl (C=O) groups excluding carboxylic acids is 2. The highest BCUT2D eigenvalue weighted by molar-refractivity contribution is 7.93. The summed E-state index contributed by atoms with van der Waals surface area (Å²) in [6.07, 6.45) is 0.594. The van der Waals surface area contributed by atoms with Gasteiger partial charge in [0, 0.05) is 24.0 Å². The van der Waals surface area contributed by atoms with E-state index in [0.29, 0.717) is 6.42 Å². The largest absolute Gasteiger partial charge is 0.615 e. The Balaban J connectivity index is 1.76. The molecule has 4 nitrogen and oxygen atoms in total. The van der Waals surface area contributed by atoms with Crippen LogP contribution >= 0.6 is 0 Å². The monoisotopic (exact) mass is 325 g/mol. The van der Waals surface area contributed by atoms with E-state index in [9.17, 15) is 14.1 Å². The molecule has 1 fully saturated rings. The molecule has 2 aromatic carbocycles. The second-order valence-corrected chi connectivity index (χ2v) is 7.52. The molecule has 2 atom stereocenters. The number of hydrogen-bond donors (Lipinski definition) is 1. The van der Waals surface area contributed by atoms with Crippen molar-refractivity contribution in [1.29, 1.82) is 0 Å². The maximum Gasteiger partial charge on any atom is 0.279 e. The molecule has 4 rings (SSSR count). The molecule has 2 unspecified atom stereocenters. The van der Waals surface area contributed by atoms with E-state index < -0.39 is 22.3 Å². The first-order valence-electron chi connectivity index (χ1n) is 7.58. The summed E-state index contributed by atoms with van der Waals surface area (Å²) < 4.78 is 13.2. The Morgan fingerprint density at radius 3 is 2.09 bits per heavy atom. The molecule has 1 aliphatic heterocycles. The standard InChI is InChI=1S/C18H15NO3S/c20-16-10-9-15(18(21)19-16)23(22)17-13-7-3-1-5-11(13)12-6-2-4-8-14(12)17/h1-8,15,17H,9-10H2,(H,19,20,21). The molecule has 0 radical (unpaired) electrons. The van der Waals surface area contributed by atoms with Gasteiger partial charge in [0.2, 0.25) is 5.91 Å². The summed E-state index contributed by atoms with van der Waals surface area (Å²) in [7, 11) is 0. The molecule has 1 heterocycles. The molecular weight excluding hydrogens is 310 g/mol. The van der Waals surface area contributed by atoms with Crippen molar-refractivity contribution in [3.63, 3.8) is 0 Å². The lowest BCUT2D eigenvalue weighted by molar-refractivity contribution is -0.132. The van der Waals surface area contributed by atoms with Crippen molar-refractivity contribution >= 4 is 23.0 Å². The van der Waals surface area contributed by atoms with Gasteiger partial charge in [-0.25, -0.2) is 0 Å². The number of benzene rings is 2. The molecule has 116 valence electrons. The van der Waals surface area contributed by atoms with Gasteiger partial charge in [-0.2, -0.15) is 0 Å². The molecule has 0 spiro atoms. The van der Waals surface area contributed by atoms with Gasteiger partial charge in [0.05, 0.1) is 0 Å². The SMILES string of the molecule is O=C1CCC([S+]([O-])C2c3ccccc3-c3ccccc32)C(=O)N1. The second kappa shape index (κ2) is 5.51. The van der Waals surface area contributed by atoms with Crippen LogP contribution in [0, 0.1) is 0 Å². The van der Waals surface area contributed by atoms with Gasteiger partial charge in [0.1, 0.15) is 0 Å². The van der Waals surface area contributed by atoms with Gasteiger partial charge in [-0.3, -0.25) is 14.9 Å². The van der Waals surface area contributed by atoms with Crippen LogP contribution in [0.4, 0.5) is 0 Å². The van der Waals surface area contributed by atoms with E-state index in [4.69, 9.17) is 0 Å². The number of hydrogen-bond acceptors (Lipinski definition) is 3. The molecule has 1 aliphatic carbocycles. The van der Waals surface area contributed by atoms with Gasteiger partial charge in [-0.15, -0.1) is 0 Å². The van der Waals surface area contributed by atoms with Crippen molar-refractivity contribution in [3.05, 3.63) is 59.7 Å². The molecule has 5 heteroatoms. The van der Waals surface area contributed by atoms with Crippen LogP contribution in [0.2, 0.25) is 0 Å². The van der Waals surface area contributed by atoms with Crippen molar-refractivity contribution in [2.75, 3.05) is 0 Å². The minimum Gasteiger partial charge on any atom is -0.615 e. The van der Waals surface area contributed by atoms with Gasteiger partial charge in [-0.1, -0.05) is 48.5 Å². The number of carbonyl (C=O) groups is 2. The van der Waals surface area contributed by atoms with Crippen LogP contribution in [0.3, 0.4) is 0 Å². The maximum atomic E-state index is 13.2. The summed E-state index contributed by atoms with van der Waals surface area (Å²) in [5.74, 6) is -0.697. The highest BCUT2D eigenvalue weighted by atomic mass is 32.2. The van der Waals surface area contributed by atoms with Crippen molar-refractivity contribution < 1.29 is 14.1 Å². The van der Waals surface area contributed by atoms with E-state index in [-0.39, 0.29) is 17.6 Å². The van der Waals surface area contributed by atoms with Gasteiger partial charge in [0.15, 0.2) is 10.5 Å². The molecule has 23 heavy (non-hydrogen) atoms. The Morgan fingerprint density at radius 1 is 0.957 bits per heavy atom. The summed E-state index contributed by atoms with van der Waals surface area (Å²) in [6.45, 7) is 0. The van der Waals surface area contributed by atoms with Gasteiger partial charge < -0.3 is 4.55 Å². The molecule has 0 aromatic heterocycles. The molecule has 1 N–H and O–H groups in total. The zero-order valence-corrected chi connectivity index (χ0v) is 13.1. The lowest BCUT2D eigenvalue weighted by Crippen LogP contribution is -2.48. The van der Waals surface area contributed by atoms with E-state index in [1.54, 1.807) is 0 Å². The lowest BCUT2D eigenvalue weighted by Gasteiger charge is -2.28. The minimum atomic E-state index is -1.41. The number of piperidine rings is 1. The molecule has 2 aromatic rings. The van der Waals surface area contributed by atoms with Gasteiger partial charge in [-0.05, 0) is 22.3 Å². The van der Waals surface area contributed by atoms with Gasteiger partial charge in [0.25, 0.3) is 5.91 Å². The van der Waals surface area contributed by atoms with Crippen LogP contribution in [-0.2, 0) is 20.8 Å². The van der Waals surface area contributed by atoms with Crippen LogP contribution in [0.5, 0.6) is 0 Å². The quantitative estimate of drug-likeness (QED) is 0.680. The summed E-state index contributed by atoms with van der Waals surface area (Å²) >= 11 is -1.41. The zero-order valence-electron chi connectivity index (χ0n) is 12.3. The summed E-state index contributed by atoms with van der Waals surface area (Å²) in [6, 6.07) is 15.8. The normalized spacial score (nSPS) is 21.5. The molecular formula is C18H15NO3S. The average molecular weight is 325 g/mol. The zero-order chi connectivity index (χ0) is 16.0. The van der Waals surface area contributed by atoms with E-state index in [0.717, 1.165) is 22.3 Å². The summed E-state index contributed by atoms with van der Waals surface area (Å²) in [5.41, 5.74) is 4.15. The molecule has 1 saturated heterocycles. The number of nitrogens with one attached hydrogen (secondary N) is 1. The highest BCUT2D eigenvalue weighted by Gasteiger charge is 2.45. The molecule has 2 amide bonds. The Kier molecular flexibility index (Phi) is 3.47. The third-order valence-corrected chi connectivity index (χ3v) is 6.46. The maximum absolute atomic E-state index is 13.2. The van der Waals surface area contributed by atoms with Crippen molar-refractivity contribution in [1.82, 2.24) is 5.32 Å². The number of fused-ring (bicyclic) bond motifs is 3. The first-order chi connectivity index (χ1) is 11.2. The Bertz CT molecular complexity index is 759. The van der Waals surface area contributed by atoms with Crippen molar-refractivity contribution in [2.45, 2.75) is 23.3 Å². The number of rotatable bonds is 2. The van der Waals surface area contributed by atoms with Crippen molar-refractivity contribution in [2.24, 2.45) is 0 Å². The predicted molar refractivity (Wildman–Crippen MR) is 88.0 cm³/mol. The van der Waals surface area contributed by atoms with Crippen LogP contribution in [-0.4, -0.2) is 21.6 Å². The molecule has 0 saturated carbocycles. The number of imide groups is 1. The summed E-state index contributed by atoms with van der Waals surface area (Å²) in [4.78, 5) is 23.4. The van der Waals surface area contributed by atoms with E-state index in [1.807, 2.05) is 48.5 Å². The lowest BCUT2D eigenvalue weighted by atomic mass is 10.1. The minimum absolute atomic E-state index is 0.248. The first kappa shape index (κ1) is 14.5. The topological polar surface area (TPSA) is 69.2 Å². The van der Waals surface area contributed by atoms with Crippen LogP contribution in [0.25, 0.3) is 11.1 Å². The Labute approximate surface area is 137 Å². The third kappa shape index (κ3) is 2.28. The fourth-order valence-electron chi connectivity index (χ4n) is 3.42. The van der Waals surface area contributed by atoms with Crippen LogP contribution < -0.4 is 5.32 Å². The fraction of sp³-hybridized carbons (Fsp3) is 0.222. The van der Waals surface area contributed by atoms with E-state index in [2.05, 4.69) is 5.32 Å². The first-order valence-corrected chi connectivity index (χ1v) is 8.85. The Morgan fingerprint density at radius 2 is 1.52 bits per heavy atom. The van der Waals surface area contributed by atoms with Crippen LogP contribution in [0.1, 0.15) is 29.2 Å². The van der Waals surface area contributed by atoms with Crippen molar-refractivity contribution in [3.8, 4) is 11.1 Å². The summed E-state index contributed by atoms with van der Waals surface area (Å²) in [5, 5.41) is 1.36. The predicted octanol–water partition coefficient (Wildman–Crippen LogP) is 2.31. The molecule has 0 bridgehead atoms. The Hall–Kier alpha value is -2.11. The van der Waals surface area contributed by atoms with Crippen LogP contribution in [0.15, 0.2) is 48.5 Å². The van der Waals surface area contributed by atoms with Gasteiger partial charge >= 0.3 is 0 Å². The fourth-order valence-corrected chi connectivity index (χ4v) is 5.28. The van der Waals surface area contributed by atoms with E-state index in [1.165, 1.54) is 0 Å².